The first kappa shape index (κ1) is 12.1. The van der Waals surface area contributed by atoms with Crippen LogP contribution in [0.4, 0.5) is 0 Å². The second-order valence-corrected chi connectivity index (χ2v) is 4.70. The fourth-order valence-corrected chi connectivity index (χ4v) is 2.32. The number of nitrogens with zero attached hydrogens (tertiary/aromatic N) is 1. The van der Waals surface area contributed by atoms with Crippen molar-refractivity contribution in [2.24, 2.45) is 5.92 Å². The highest BCUT2D eigenvalue weighted by Crippen LogP contribution is 2.15. The van der Waals surface area contributed by atoms with E-state index in [1.807, 2.05) is 30.1 Å². The monoisotopic (exact) mass is 232 g/mol. The maximum Gasteiger partial charge on any atom is 0.225 e. The largest absolute Gasteiger partial charge is 0.341 e. The molecule has 0 bridgehead atoms. The summed E-state index contributed by atoms with van der Waals surface area (Å²) in [5.41, 5.74) is 1.19. The number of rotatable bonds is 3. The van der Waals surface area contributed by atoms with E-state index in [9.17, 15) is 4.79 Å². The van der Waals surface area contributed by atoms with Gasteiger partial charge in [-0.3, -0.25) is 4.79 Å². The Morgan fingerprint density at radius 2 is 1.94 bits per heavy atom. The molecule has 1 heterocycles. The van der Waals surface area contributed by atoms with Crippen LogP contribution in [0.3, 0.4) is 0 Å². The minimum Gasteiger partial charge on any atom is -0.341 e. The van der Waals surface area contributed by atoms with Crippen molar-refractivity contribution in [3.63, 3.8) is 0 Å². The molecule has 0 saturated carbocycles. The van der Waals surface area contributed by atoms with Gasteiger partial charge in [0.15, 0.2) is 0 Å². The minimum absolute atomic E-state index is 0.213. The number of carbonyl (C=O) groups excluding carboxylic acids is 1. The molecule has 1 aliphatic rings. The SMILES string of the molecule is CN(Cc1ccccc1)C(=O)C1CCNCC1. The molecule has 0 aliphatic carbocycles. The zero-order valence-electron chi connectivity index (χ0n) is 10.4. The zero-order valence-corrected chi connectivity index (χ0v) is 10.4. The first-order chi connectivity index (χ1) is 8.27. The van der Waals surface area contributed by atoms with Crippen molar-refractivity contribution in [1.29, 1.82) is 0 Å². The lowest BCUT2D eigenvalue weighted by Gasteiger charge is -2.27. The number of hydrogen-bond donors (Lipinski definition) is 1. The van der Waals surface area contributed by atoms with Crippen LogP contribution in [0, 0.1) is 5.92 Å². The molecule has 0 aromatic heterocycles. The van der Waals surface area contributed by atoms with Gasteiger partial charge in [-0.1, -0.05) is 30.3 Å². The third-order valence-corrected chi connectivity index (χ3v) is 3.33. The molecule has 1 fully saturated rings. The number of amides is 1. The van der Waals surface area contributed by atoms with Gasteiger partial charge < -0.3 is 10.2 Å². The van der Waals surface area contributed by atoms with E-state index >= 15 is 0 Å². The van der Waals surface area contributed by atoms with Gasteiger partial charge in [0.1, 0.15) is 0 Å². The van der Waals surface area contributed by atoms with Crippen LogP contribution in [0.1, 0.15) is 18.4 Å². The predicted octanol–water partition coefficient (Wildman–Crippen LogP) is 1.64. The van der Waals surface area contributed by atoms with E-state index < -0.39 is 0 Å². The molecule has 3 heteroatoms. The Hall–Kier alpha value is -1.35. The van der Waals surface area contributed by atoms with Crippen molar-refractivity contribution in [2.75, 3.05) is 20.1 Å². The van der Waals surface area contributed by atoms with E-state index in [0.717, 1.165) is 25.9 Å². The fraction of sp³-hybridized carbons (Fsp3) is 0.500. The summed E-state index contributed by atoms with van der Waals surface area (Å²) in [6.07, 6.45) is 1.94. The van der Waals surface area contributed by atoms with Gasteiger partial charge in [-0.25, -0.2) is 0 Å². The van der Waals surface area contributed by atoms with Crippen LogP contribution in [0.25, 0.3) is 0 Å². The molecule has 92 valence electrons. The third-order valence-electron chi connectivity index (χ3n) is 3.33. The average molecular weight is 232 g/mol. The summed E-state index contributed by atoms with van der Waals surface area (Å²) in [6, 6.07) is 10.1. The van der Waals surface area contributed by atoms with Gasteiger partial charge >= 0.3 is 0 Å². The molecule has 1 amide bonds. The van der Waals surface area contributed by atoms with Gasteiger partial charge in [-0.15, -0.1) is 0 Å². The third kappa shape index (κ3) is 3.30. The second-order valence-electron chi connectivity index (χ2n) is 4.70. The summed E-state index contributed by atoms with van der Waals surface area (Å²) in [5.74, 6) is 0.500. The molecule has 1 aromatic rings. The van der Waals surface area contributed by atoms with Gasteiger partial charge in [0.05, 0.1) is 0 Å². The zero-order chi connectivity index (χ0) is 12.1. The highest BCUT2D eigenvalue weighted by Gasteiger charge is 2.23. The number of hydrogen-bond acceptors (Lipinski definition) is 2. The molecule has 0 atom stereocenters. The molecule has 0 spiro atoms. The average Bonchev–Trinajstić information content (AvgIpc) is 2.40. The maximum absolute atomic E-state index is 12.2. The van der Waals surface area contributed by atoms with Crippen LogP contribution in [0.5, 0.6) is 0 Å². The second kappa shape index (κ2) is 5.82. The molecule has 3 nitrogen and oxygen atoms in total. The molecule has 0 radical (unpaired) electrons. The number of benzene rings is 1. The van der Waals surface area contributed by atoms with Crippen LogP contribution in [0.15, 0.2) is 30.3 Å². The van der Waals surface area contributed by atoms with E-state index in [0.29, 0.717) is 6.54 Å². The van der Waals surface area contributed by atoms with Gasteiger partial charge in [0.25, 0.3) is 0 Å². The summed E-state index contributed by atoms with van der Waals surface area (Å²) in [4.78, 5) is 14.1. The van der Waals surface area contributed by atoms with Crippen molar-refractivity contribution in [3.8, 4) is 0 Å². The van der Waals surface area contributed by atoms with Gasteiger partial charge in [-0.05, 0) is 31.5 Å². The van der Waals surface area contributed by atoms with E-state index in [4.69, 9.17) is 0 Å². The van der Waals surface area contributed by atoms with E-state index in [1.54, 1.807) is 0 Å². The first-order valence-electron chi connectivity index (χ1n) is 6.27. The minimum atomic E-state index is 0.213. The Balaban J connectivity index is 1.90. The van der Waals surface area contributed by atoms with Gasteiger partial charge in [0.2, 0.25) is 5.91 Å². The van der Waals surface area contributed by atoms with Gasteiger partial charge in [0, 0.05) is 19.5 Å². The predicted molar refractivity (Wildman–Crippen MR) is 68.5 cm³/mol. The molecule has 0 unspecified atom stereocenters. The van der Waals surface area contributed by atoms with Crippen molar-refractivity contribution >= 4 is 5.91 Å². The summed E-state index contributed by atoms with van der Waals surface area (Å²) in [6.45, 7) is 2.65. The van der Waals surface area contributed by atoms with E-state index in [1.165, 1.54) is 5.56 Å². The first-order valence-corrected chi connectivity index (χ1v) is 6.27. The molecule has 2 rings (SSSR count). The molecular formula is C14H20N2O. The van der Waals surface area contributed by atoms with Gasteiger partial charge in [-0.2, -0.15) is 0 Å². The Labute approximate surface area is 103 Å². The van der Waals surface area contributed by atoms with Crippen LogP contribution in [-0.2, 0) is 11.3 Å². The smallest absolute Gasteiger partial charge is 0.225 e. The molecule has 1 aromatic carbocycles. The summed E-state index contributed by atoms with van der Waals surface area (Å²) < 4.78 is 0. The fourth-order valence-electron chi connectivity index (χ4n) is 2.32. The van der Waals surface area contributed by atoms with Crippen molar-refractivity contribution in [3.05, 3.63) is 35.9 Å². The summed E-state index contributed by atoms with van der Waals surface area (Å²) >= 11 is 0. The van der Waals surface area contributed by atoms with Crippen LogP contribution in [-0.4, -0.2) is 30.9 Å². The van der Waals surface area contributed by atoms with E-state index in [-0.39, 0.29) is 11.8 Å². The van der Waals surface area contributed by atoms with Crippen molar-refractivity contribution in [2.45, 2.75) is 19.4 Å². The topological polar surface area (TPSA) is 32.3 Å². The highest BCUT2D eigenvalue weighted by molar-refractivity contribution is 5.78. The lowest BCUT2D eigenvalue weighted by molar-refractivity contribution is -0.135. The highest BCUT2D eigenvalue weighted by atomic mass is 16.2. The number of nitrogens with one attached hydrogen (secondary N) is 1. The maximum atomic E-state index is 12.2. The molecule has 1 N–H and O–H groups in total. The quantitative estimate of drug-likeness (QED) is 0.859. The number of carbonyl (C=O) groups is 1. The Kier molecular flexibility index (Phi) is 4.15. The molecule has 1 saturated heterocycles. The molecule has 17 heavy (non-hydrogen) atoms. The van der Waals surface area contributed by atoms with Crippen molar-refractivity contribution in [1.82, 2.24) is 10.2 Å². The summed E-state index contributed by atoms with van der Waals surface area (Å²) in [5, 5.41) is 3.29. The molecule has 1 aliphatic heterocycles. The lowest BCUT2D eigenvalue weighted by atomic mass is 9.96. The lowest BCUT2D eigenvalue weighted by Crippen LogP contribution is -2.38. The molecular weight excluding hydrogens is 212 g/mol. The van der Waals surface area contributed by atoms with Crippen LogP contribution >= 0.6 is 0 Å². The van der Waals surface area contributed by atoms with Crippen LogP contribution in [0.2, 0.25) is 0 Å². The standard InChI is InChI=1S/C14H20N2O/c1-16(11-12-5-3-2-4-6-12)14(17)13-7-9-15-10-8-13/h2-6,13,15H,7-11H2,1H3. The Bertz CT molecular complexity index is 358. The number of piperidine rings is 1. The Morgan fingerprint density at radius 3 is 2.59 bits per heavy atom. The van der Waals surface area contributed by atoms with Crippen LogP contribution < -0.4 is 5.32 Å². The van der Waals surface area contributed by atoms with Crippen molar-refractivity contribution < 1.29 is 4.79 Å². The normalized spacial score (nSPS) is 16.8. The summed E-state index contributed by atoms with van der Waals surface area (Å²) in [7, 11) is 1.90. The van der Waals surface area contributed by atoms with E-state index in [2.05, 4.69) is 17.4 Å². The Morgan fingerprint density at radius 1 is 1.29 bits per heavy atom.